The van der Waals surface area contributed by atoms with E-state index in [0.29, 0.717) is 17.4 Å². The van der Waals surface area contributed by atoms with Gasteiger partial charge in [0.2, 0.25) is 0 Å². The Labute approximate surface area is 136 Å². The lowest BCUT2D eigenvalue weighted by Gasteiger charge is -2.33. The first-order valence-electron chi connectivity index (χ1n) is 8.13. The van der Waals surface area contributed by atoms with E-state index in [4.69, 9.17) is 10.5 Å². The molecule has 0 unspecified atom stereocenters. The van der Waals surface area contributed by atoms with E-state index in [1.54, 1.807) is 24.3 Å². The summed E-state index contributed by atoms with van der Waals surface area (Å²) >= 11 is 0. The van der Waals surface area contributed by atoms with Gasteiger partial charge in [-0.2, -0.15) is 0 Å². The van der Waals surface area contributed by atoms with E-state index in [-0.39, 0.29) is 25.1 Å². The summed E-state index contributed by atoms with van der Waals surface area (Å²) in [4.78, 5) is 26.1. The molecule has 124 valence electrons. The van der Waals surface area contributed by atoms with Crippen LogP contribution in [0.25, 0.3) is 0 Å². The first kappa shape index (κ1) is 15.6. The number of rotatable bonds is 4. The molecule has 1 saturated heterocycles. The van der Waals surface area contributed by atoms with Crippen molar-refractivity contribution in [3.63, 3.8) is 0 Å². The quantitative estimate of drug-likeness (QED) is 0.658. The molecule has 1 aliphatic carbocycles. The minimum Gasteiger partial charge on any atom is -0.492 e. The van der Waals surface area contributed by atoms with Crippen molar-refractivity contribution in [3.8, 4) is 5.75 Å². The van der Waals surface area contributed by atoms with E-state index in [1.165, 1.54) is 4.90 Å². The lowest BCUT2D eigenvalue weighted by atomic mass is 9.77. The number of imide groups is 1. The van der Waals surface area contributed by atoms with Gasteiger partial charge in [-0.1, -0.05) is 6.92 Å². The van der Waals surface area contributed by atoms with Crippen molar-refractivity contribution in [1.82, 2.24) is 10.2 Å². The predicted molar refractivity (Wildman–Crippen MR) is 87.0 cm³/mol. The summed E-state index contributed by atoms with van der Waals surface area (Å²) in [6.45, 7) is 2.72. The molecule has 1 aliphatic heterocycles. The number of hydrogen-bond acceptors (Lipinski definition) is 4. The molecule has 2 fully saturated rings. The fourth-order valence-electron chi connectivity index (χ4n) is 3.29. The highest BCUT2D eigenvalue weighted by Crippen LogP contribution is 2.36. The number of carbonyl (C=O) groups excluding carboxylic acids is 2. The highest BCUT2D eigenvalue weighted by atomic mass is 16.5. The van der Waals surface area contributed by atoms with Crippen LogP contribution in [0, 0.1) is 5.92 Å². The summed E-state index contributed by atoms with van der Waals surface area (Å²) in [5.41, 5.74) is 5.61. The van der Waals surface area contributed by atoms with E-state index in [9.17, 15) is 9.59 Å². The van der Waals surface area contributed by atoms with Crippen molar-refractivity contribution in [2.24, 2.45) is 5.92 Å². The first-order chi connectivity index (χ1) is 11.0. The maximum atomic E-state index is 12.7. The van der Waals surface area contributed by atoms with Crippen LogP contribution in [-0.4, -0.2) is 35.5 Å². The van der Waals surface area contributed by atoms with E-state index in [0.717, 1.165) is 25.7 Å². The molecule has 0 atom stereocenters. The molecule has 1 aromatic carbocycles. The minimum absolute atomic E-state index is 0.102. The van der Waals surface area contributed by atoms with E-state index >= 15 is 0 Å². The summed E-state index contributed by atoms with van der Waals surface area (Å²) < 4.78 is 5.58. The van der Waals surface area contributed by atoms with Crippen LogP contribution in [0.3, 0.4) is 0 Å². The van der Waals surface area contributed by atoms with Crippen molar-refractivity contribution in [1.29, 1.82) is 0 Å². The monoisotopic (exact) mass is 317 g/mol. The maximum absolute atomic E-state index is 12.7. The number of nitrogens with one attached hydrogen (secondary N) is 1. The summed E-state index contributed by atoms with van der Waals surface area (Å²) in [7, 11) is 0. The SMILES string of the molecule is CC1CCC2(CC1)NC(=O)N(CCOc1ccc(N)cc1)C2=O. The molecular weight excluding hydrogens is 294 g/mol. The molecule has 6 nitrogen and oxygen atoms in total. The zero-order chi connectivity index (χ0) is 16.4. The Morgan fingerprint density at radius 3 is 2.57 bits per heavy atom. The number of anilines is 1. The fraction of sp³-hybridized carbons (Fsp3) is 0.529. The van der Waals surface area contributed by atoms with Gasteiger partial charge in [0.25, 0.3) is 5.91 Å². The third-order valence-corrected chi connectivity index (χ3v) is 4.84. The molecule has 0 radical (unpaired) electrons. The summed E-state index contributed by atoms with van der Waals surface area (Å²) in [5, 5.41) is 2.91. The number of carbonyl (C=O) groups is 2. The average Bonchev–Trinajstić information content (AvgIpc) is 2.76. The number of urea groups is 1. The molecule has 3 N–H and O–H groups in total. The van der Waals surface area contributed by atoms with E-state index in [1.807, 2.05) is 0 Å². The molecule has 3 rings (SSSR count). The highest BCUT2D eigenvalue weighted by molar-refractivity contribution is 6.07. The van der Waals surface area contributed by atoms with Gasteiger partial charge in [-0.15, -0.1) is 0 Å². The summed E-state index contributed by atoms with van der Waals surface area (Å²) in [6.07, 6.45) is 3.41. The third-order valence-electron chi connectivity index (χ3n) is 4.84. The second kappa shape index (κ2) is 6.10. The van der Waals surface area contributed by atoms with Crippen LogP contribution in [0.4, 0.5) is 10.5 Å². The van der Waals surface area contributed by atoms with E-state index in [2.05, 4.69) is 12.2 Å². The van der Waals surface area contributed by atoms with Gasteiger partial charge < -0.3 is 15.8 Å². The Bertz CT molecular complexity index is 592. The number of benzene rings is 1. The normalized spacial score (nSPS) is 27.3. The minimum atomic E-state index is -0.676. The van der Waals surface area contributed by atoms with Gasteiger partial charge in [0.1, 0.15) is 17.9 Å². The van der Waals surface area contributed by atoms with Gasteiger partial charge in [0, 0.05) is 5.69 Å². The molecule has 1 saturated carbocycles. The van der Waals surface area contributed by atoms with Gasteiger partial charge in [-0.3, -0.25) is 9.69 Å². The largest absolute Gasteiger partial charge is 0.492 e. The molecular formula is C17H23N3O3. The predicted octanol–water partition coefficient (Wildman–Crippen LogP) is 2.15. The summed E-state index contributed by atoms with van der Waals surface area (Å²) in [6, 6.07) is 6.74. The van der Waals surface area contributed by atoms with Crippen LogP contribution in [-0.2, 0) is 4.79 Å². The Balaban J connectivity index is 1.57. The molecule has 23 heavy (non-hydrogen) atoms. The third kappa shape index (κ3) is 3.11. The molecule has 3 amide bonds. The van der Waals surface area contributed by atoms with Gasteiger partial charge in [-0.25, -0.2) is 4.79 Å². The number of nitrogens with zero attached hydrogens (tertiary/aromatic N) is 1. The molecule has 0 bridgehead atoms. The number of hydrogen-bond donors (Lipinski definition) is 2. The molecule has 1 heterocycles. The van der Waals surface area contributed by atoms with Crippen LogP contribution < -0.4 is 15.8 Å². The standard InChI is InChI=1S/C17H23N3O3/c1-12-6-8-17(9-7-12)15(21)20(16(22)19-17)10-11-23-14-4-2-13(18)3-5-14/h2-5,12H,6-11,18H2,1H3,(H,19,22). The van der Waals surface area contributed by atoms with Crippen molar-refractivity contribution < 1.29 is 14.3 Å². The van der Waals surface area contributed by atoms with Crippen molar-refractivity contribution >= 4 is 17.6 Å². The number of nitrogen functional groups attached to an aromatic ring is 1. The molecule has 1 spiro atoms. The van der Waals surface area contributed by atoms with Crippen LogP contribution in [0.1, 0.15) is 32.6 Å². The lowest BCUT2D eigenvalue weighted by Crippen LogP contribution is -2.49. The average molecular weight is 317 g/mol. The maximum Gasteiger partial charge on any atom is 0.325 e. The topological polar surface area (TPSA) is 84.7 Å². The zero-order valence-corrected chi connectivity index (χ0v) is 13.4. The zero-order valence-electron chi connectivity index (χ0n) is 13.4. The van der Waals surface area contributed by atoms with Gasteiger partial charge in [0.15, 0.2) is 0 Å². The Morgan fingerprint density at radius 2 is 1.91 bits per heavy atom. The molecule has 0 aromatic heterocycles. The second-order valence-corrected chi connectivity index (χ2v) is 6.57. The van der Waals surface area contributed by atoms with Gasteiger partial charge in [-0.05, 0) is 55.9 Å². The number of ether oxygens (including phenoxy) is 1. The smallest absolute Gasteiger partial charge is 0.325 e. The van der Waals surface area contributed by atoms with Crippen LogP contribution in [0.15, 0.2) is 24.3 Å². The van der Waals surface area contributed by atoms with Crippen molar-refractivity contribution in [3.05, 3.63) is 24.3 Å². The number of nitrogens with two attached hydrogens (primary N) is 1. The van der Waals surface area contributed by atoms with E-state index < -0.39 is 5.54 Å². The molecule has 1 aromatic rings. The Morgan fingerprint density at radius 1 is 1.26 bits per heavy atom. The molecule has 2 aliphatic rings. The van der Waals surface area contributed by atoms with Gasteiger partial charge in [0.05, 0.1) is 6.54 Å². The molecule has 6 heteroatoms. The Hall–Kier alpha value is -2.24. The second-order valence-electron chi connectivity index (χ2n) is 6.57. The van der Waals surface area contributed by atoms with Gasteiger partial charge >= 0.3 is 6.03 Å². The first-order valence-corrected chi connectivity index (χ1v) is 8.13. The van der Waals surface area contributed by atoms with Crippen LogP contribution in [0.2, 0.25) is 0 Å². The lowest BCUT2D eigenvalue weighted by molar-refractivity contribution is -0.132. The highest BCUT2D eigenvalue weighted by Gasteiger charge is 2.51. The number of amides is 3. The van der Waals surface area contributed by atoms with Crippen molar-refractivity contribution in [2.75, 3.05) is 18.9 Å². The summed E-state index contributed by atoms with van der Waals surface area (Å²) in [5.74, 6) is 1.19. The van der Waals surface area contributed by atoms with Crippen molar-refractivity contribution in [2.45, 2.75) is 38.1 Å². The Kier molecular flexibility index (Phi) is 4.15. The van der Waals surface area contributed by atoms with Crippen LogP contribution >= 0.6 is 0 Å². The van der Waals surface area contributed by atoms with Crippen LogP contribution in [0.5, 0.6) is 5.75 Å². The fourth-order valence-corrected chi connectivity index (χ4v) is 3.29.